The van der Waals surface area contributed by atoms with Crippen molar-refractivity contribution in [1.29, 1.82) is 0 Å². The lowest BCUT2D eigenvalue weighted by atomic mass is 9.96. The predicted octanol–water partition coefficient (Wildman–Crippen LogP) is 2.48. The van der Waals surface area contributed by atoms with Gasteiger partial charge in [0.05, 0.1) is 11.4 Å². The van der Waals surface area contributed by atoms with Crippen LogP contribution in [-0.2, 0) is 9.59 Å². The Hall–Kier alpha value is -1.71. The molecule has 132 valence electrons. The Bertz CT molecular complexity index is 810. The molecule has 1 saturated heterocycles. The minimum atomic E-state index is -0.271. The number of benzene rings is 1. The van der Waals surface area contributed by atoms with E-state index in [4.69, 9.17) is 18.0 Å². The number of amides is 2. The first-order chi connectivity index (χ1) is 12.0. The number of rotatable bonds is 5. The average molecular weight is 395 g/mol. The van der Waals surface area contributed by atoms with Gasteiger partial charge in [0, 0.05) is 19.0 Å². The van der Waals surface area contributed by atoms with Gasteiger partial charge in [-0.15, -0.1) is 5.10 Å². The van der Waals surface area contributed by atoms with Gasteiger partial charge >= 0.3 is 0 Å². The lowest BCUT2D eigenvalue weighted by Gasteiger charge is -2.30. The van der Waals surface area contributed by atoms with Crippen molar-refractivity contribution >= 4 is 47.1 Å². The average Bonchev–Trinajstić information content (AvgIpc) is 3.01. The van der Waals surface area contributed by atoms with Crippen LogP contribution in [0.5, 0.6) is 0 Å². The van der Waals surface area contributed by atoms with E-state index >= 15 is 0 Å². The zero-order valence-electron chi connectivity index (χ0n) is 13.5. The van der Waals surface area contributed by atoms with Gasteiger partial charge in [-0.3, -0.25) is 9.59 Å². The van der Waals surface area contributed by atoms with Crippen LogP contribution in [0.2, 0.25) is 0 Å². The minimum absolute atomic E-state index is 0.0558. The van der Waals surface area contributed by atoms with Gasteiger partial charge in [0.1, 0.15) is 0 Å². The number of para-hydroxylation sites is 1. The molecule has 0 bridgehead atoms. The fourth-order valence-corrected chi connectivity index (χ4v) is 4.94. The Balaban J connectivity index is 1.57. The zero-order valence-corrected chi connectivity index (χ0v) is 15.9. The van der Waals surface area contributed by atoms with Crippen molar-refractivity contribution in [3.05, 3.63) is 34.3 Å². The Kier molecular flexibility index (Phi) is 5.87. The summed E-state index contributed by atoms with van der Waals surface area (Å²) >= 11 is 8.16. The van der Waals surface area contributed by atoms with E-state index in [9.17, 15) is 9.59 Å². The maximum absolute atomic E-state index is 12.3. The fraction of sp³-hybridized carbons (Fsp3) is 0.375. The number of primary amides is 1. The van der Waals surface area contributed by atoms with Crippen molar-refractivity contribution in [2.45, 2.75) is 17.2 Å². The Morgan fingerprint density at radius 3 is 2.60 bits per heavy atom. The smallest absolute Gasteiger partial charge is 0.233 e. The molecule has 0 unspecified atom stereocenters. The number of carbonyl (C=O) groups is 2. The van der Waals surface area contributed by atoms with Gasteiger partial charge in [-0.2, -0.15) is 0 Å². The summed E-state index contributed by atoms with van der Waals surface area (Å²) in [6, 6.07) is 9.69. The SMILES string of the molecule is NC(=O)C1CCN(C(=O)CSc2nn(-c3ccccc3)c(=S)s2)CC1. The molecule has 6 nitrogen and oxygen atoms in total. The van der Waals surface area contributed by atoms with Crippen LogP contribution >= 0.6 is 35.3 Å². The number of hydrogen-bond donors (Lipinski definition) is 1. The Labute approximate surface area is 159 Å². The van der Waals surface area contributed by atoms with Crippen molar-refractivity contribution < 1.29 is 9.59 Å². The lowest BCUT2D eigenvalue weighted by molar-refractivity contribution is -0.132. The molecule has 1 aliphatic heterocycles. The van der Waals surface area contributed by atoms with Crippen LogP contribution in [0.4, 0.5) is 0 Å². The highest BCUT2D eigenvalue weighted by Crippen LogP contribution is 2.25. The van der Waals surface area contributed by atoms with E-state index in [-0.39, 0.29) is 17.7 Å². The first-order valence-corrected chi connectivity index (χ1v) is 10.1. The van der Waals surface area contributed by atoms with Crippen molar-refractivity contribution in [2.24, 2.45) is 11.7 Å². The molecule has 1 aliphatic rings. The van der Waals surface area contributed by atoms with E-state index in [0.29, 0.717) is 35.6 Å². The number of piperidine rings is 1. The summed E-state index contributed by atoms with van der Waals surface area (Å²) in [6.45, 7) is 1.17. The number of nitrogens with zero attached hydrogens (tertiary/aromatic N) is 3. The topological polar surface area (TPSA) is 81.2 Å². The van der Waals surface area contributed by atoms with Crippen LogP contribution in [-0.4, -0.2) is 45.3 Å². The Morgan fingerprint density at radius 2 is 1.96 bits per heavy atom. The van der Waals surface area contributed by atoms with E-state index in [2.05, 4.69) is 5.10 Å². The molecule has 1 aromatic heterocycles. The second-order valence-electron chi connectivity index (χ2n) is 5.73. The third kappa shape index (κ3) is 4.47. The molecule has 9 heteroatoms. The molecule has 3 rings (SSSR count). The summed E-state index contributed by atoms with van der Waals surface area (Å²) in [6.07, 6.45) is 1.29. The molecule has 0 saturated carbocycles. The van der Waals surface area contributed by atoms with Crippen molar-refractivity contribution in [2.75, 3.05) is 18.8 Å². The van der Waals surface area contributed by atoms with Crippen LogP contribution in [0.3, 0.4) is 0 Å². The molecule has 0 aliphatic carbocycles. The van der Waals surface area contributed by atoms with Crippen molar-refractivity contribution in [1.82, 2.24) is 14.7 Å². The van der Waals surface area contributed by atoms with Gasteiger partial charge < -0.3 is 10.6 Å². The highest BCUT2D eigenvalue weighted by atomic mass is 32.2. The third-order valence-corrected chi connectivity index (χ3v) is 6.45. The minimum Gasteiger partial charge on any atom is -0.369 e. The van der Waals surface area contributed by atoms with Crippen LogP contribution in [0.1, 0.15) is 12.8 Å². The van der Waals surface area contributed by atoms with Crippen LogP contribution in [0.25, 0.3) is 5.69 Å². The second kappa shape index (κ2) is 8.11. The largest absolute Gasteiger partial charge is 0.369 e. The monoisotopic (exact) mass is 394 g/mol. The quantitative estimate of drug-likeness (QED) is 0.622. The van der Waals surface area contributed by atoms with E-state index in [1.54, 1.807) is 9.58 Å². The van der Waals surface area contributed by atoms with Crippen molar-refractivity contribution in [3.63, 3.8) is 0 Å². The van der Waals surface area contributed by atoms with Crippen LogP contribution in [0.15, 0.2) is 34.7 Å². The normalized spacial score (nSPS) is 15.3. The Morgan fingerprint density at radius 1 is 1.28 bits per heavy atom. The highest BCUT2D eigenvalue weighted by molar-refractivity contribution is 8.01. The molecule has 0 spiro atoms. The van der Waals surface area contributed by atoms with Crippen LogP contribution in [0, 0.1) is 9.87 Å². The molecule has 0 radical (unpaired) electrons. The molecule has 0 atom stereocenters. The summed E-state index contributed by atoms with van der Waals surface area (Å²) in [5.74, 6) is -0.00513. The van der Waals surface area contributed by atoms with Gasteiger partial charge in [0.25, 0.3) is 0 Å². The molecule has 1 aromatic carbocycles. The number of thioether (sulfide) groups is 1. The maximum atomic E-state index is 12.3. The first kappa shape index (κ1) is 18.1. The standard InChI is InChI=1S/C16H18N4O2S3/c17-14(22)11-6-8-19(9-7-11)13(21)10-24-15-18-20(16(23)25-15)12-4-2-1-3-5-12/h1-5,11H,6-10H2,(H2,17,22). The predicted molar refractivity (Wildman–Crippen MR) is 101 cm³/mol. The molecular formula is C16H18N4O2S3. The summed E-state index contributed by atoms with van der Waals surface area (Å²) < 4.78 is 3.14. The second-order valence-corrected chi connectivity index (χ2v) is 8.57. The summed E-state index contributed by atoms with van der Waals surface area (Å²) in [5.41, 5.74) is 6.23. The van der Waals surface area contributed by atoms with E-state index < -0.39 is 0 Å². The van der Waals surface area contributed by atoms with E-state index in [1.807, 2.05) is 30.3 Å². The summed E-state index contributed by atoms with van der Waals surface area (Å²) in [5, 5.41) is 4.49. The molecule has 2 aromatic rings. The summed E-state index contributed by atoms with van der Waals surface area (Å²) in [4.78, 5) is 25.3. The number of aromatic nitrogens is 2. The molecule has 25 heavy (non-hydrogen) atoms. The maximum Gasteiger partial charge on any atom is 0.233 e. The van der Waals surface area contributed by atoms with Gasteiger partial charge in [-0.1, -0.05) is 41.3 Å². The molecule has 1 fully saturated rings. The van der Waals surface area contributed by atoms with Crippen molar-refractivity contribution in [3.8, 4) is 5.69 Å². The van der Waals surface area contributed by atoms with Gasteiger partial charge in [0.15, 0.2) is 8.29 Å². The third-order valence-electron chi connectivity index (χ3n) is 4.10. The lowest BCUT2D eigenvalue weighted by Crippen LogP contribution is -2.42. The highest BCUT2D eigenvalue weighted by Gasteiger charge is 2.25. The van der Waals surface area contributed by atoms with E-state index in [0.717, 1.165) is 10.0 Å². The molecular weight excluding hydrogens is 376 g/mol. The molecule has 2 heterocycles. The number of likely N-dealkylation sites (tertiary alicyclic amines) is 1. The summed E-state index contributed by atoms with van der Waals surface area (Å²) in [7, 11) is 0. The number of hydrogen-bond acceptors (Lipinski definition) is 6. The molecule has 2 N–H and O–H groups in total. The van der Waals surface area contributed by atoms with Gasteiger partial charge in [-0.05, 0) is 37.2 Å². The van der Waals surface area contributed by atoms with E-state index in [1.165, 1.54) is 23.1 Å². The molecule has 2 amide bonds. The van der Waals surface area contributed by atoms with Gasteiger partial charge in [-0.25, -0.2) is 4.68 Å². The first-order valence-electron chi connectivity index (χ1n) is 7.90. The zero-order chi connectivity index (χ0) is 17.8. The van der Waals surface area contributed by atoms with Crippen LogP contribution < -0.4 is 5.73 Å². The number of nitrogens with two attached hydrogens (primary N) is 1. The number of carbonyl (C=O) groups excluding carboxylic acids is 2. The fourth-order valence-electron chi connectivity index (χ4n) is 2.68. The van der Waals surface area contributed by atoms with Gasteiger partial charge in [0.2, 0.25) is 11.8 Å².